The average Bonchev–Trinajstić information content (AvgIpc) is 3.39. The Hall–Kier alpha value is -2.67. The molecule has 4 nitrogen and oxygen atoms in total. The fourth-order valence-corrected chi connectivity index (χ4v) is 5.09. The molecule has 0 N–H and O–H groups in total. The Morgan fingerprint density at radius 3 is 1.07 bits per heavy atom. The average molecular weight is 603 g/mol. The quantitative estimate of drug-likeness (QED) is 0.187. The van der Waals surface area contributed by atoms with Gasteiger partial charge >= 0.3 is 28.7 Å². The first-order chi connectivity index (χ1) is 19.8. The zero-order valence-corrected chi connectivity index (χ0v) is 25.9. The number of rotatable bonds is 7. The van der Waals surface area contributed by atoms with E-state index in [2.05, 4.69) is 15.9 Å². The van der Waals surface area contributed by atoms with Crippen molar-refractivity contribution in [3.05, 3.63) is 163 Å². The van der Waals surface area contributed by atoms with E-state index in [4.69, 9.17) is 9.47 Å². The van der Waals surface area contributed by atoms with Gasteiger partial charge in [-0.05, 0) is 25.0 Å². The Morgan fingerprint density at radius 1 is 0.659 bits per heavy atom. The van der Waals surface area contributed by atoms with Gasteiger partial charge in [0.1, 0.15) is 0 Å². The van der Waals surface area contributed by atoms with E-state index in [-0.39, 0.29) is 0 Å². The number of benzene rings is 4. The summed E-state index contributed by atoms with van der Waals surface area (Å²) in [6.07, 6.45) is 1.42. The first kappa shape index (κ1) is 32.8. The molecule has 1 saturated heterocycles. The fraction of sp³-hybridized carbons (Fsp3) is 0.229. The Labute approximate surface area is 259 Å². The van der Waals surface area contributed by atoms with Crippen LogP contribution < -0.4 is 10.2 Å². The van der Waals surface area contributed by atoms with Gasteiger partial charge in [0.2, 0.25) is 0 Å². The van der Waals surface area contributed by atoms with Crippen LogP contribution in [-0.4, -0.2) is 18.0 Å². The predicted molar refractivity (Wildman–Crippen MR) is 157 cm³/mol. The standard InChI is InChI=1S/C31H28O4.C4H7.ClH.Ti/c1-29(2)34-27(30(32,23-15-7-3-8-16-23)24-17-9-4-10-18-24)28(35-29)31(33,25-19-11-5-12-20-25)26-21-13-6-14-22-26;1-3-4-2;;/h3-22,27-28H,1-2H3;3-4H,1H2,2H3;1H;/q-2;-1;;+4/p-1/t27-,28-;;;/m0.../s1. The van der Waals surface area contributed by atoms with Crippen molar-refractivity contribution in [2.75, 3.05) is 0 Å². The van der Waals surface area contributed by atoms with Gasteiger partial charge in [-0.1, -0.05) is 144 Å². The normalized spacial score (nSPS) is 17.8. The van der Waals surface area contributed by atoms with E-state index in [1.54, 1.807) is 68.5 Å². The Bertz CT molecular complexity index is 1140. The summed E-state index contributed by atoms with van der Waals surface area (Å²) in [5, 5.41) is 30.3. The molecule has 1 fully saturated rings. The molecule has 210 valence electrons. The number of halogens is 1. The van der Waals surface area contributed by atoms with Crippen molar-refractivity contribution in [1.29, 1.82) is 0 Å². The minimum absolute atomic E-state index is 0.519. The molecule has 1 aliphatic rings. The summed E-state index contributed by atoms with van der Waals surface area (Å²) in [6.45, 7) is 8.87. The molecular formula is C35H35ClO4Ti. The molecule has 1 aliphatic heterocycles. The summed E-state index contributed by atoms with van der Waals surface area (Å²) in [6, 6.07) is 36.5. The van der Waals surface area contributed by atoms with Crippen LogP contribution in [0.15, 0.2) is 134 Å². The molecule has 0 amide bonds. The van der Waals surface area contributed by atoms with Gasteiger partial charge in [-0.25, -0.2) is 19.1 Å². The molecular weight excluding hydrogens is 568 g/mol. The topological polar surface area (TPSA) is 64.6 Å². The van der Waals surface area contributed by atoms with Crippen molar-refractivity contribution < 1.29 is 39.1 Å². The van der Waals surface area contributed by atoms with Crippen molar-refractivity contribution in [3.8, 4) is 0 Å². The Morgan fingerprint density at radius 2 is 0.878 bits per heavy atom. The fourth-order valence-electron chi connectivity index (χ4n) is 5.09. The van der Waals surface area contributed by atoms with Crippen molar-refractivity contribution >= 4 is 9.30 Å². The molecule has 0 saturated carbocycles. The Kier molecular flexibility index (Phi) is 12.0. The van der Waals surface area contributed by atoms with Crippen molar-refractivity contribution in [2.45, 2.75) is 50.0 Å². The van der Waals surface area contributed by atoms with E-state index in [1.807, 2.05) is 86.1 Å². The van der Waals surface area contributed by atoms with Crippen LogP contribution in [0.2, 0.25) is 0 Å². The summed E-state index contributed by atoms with van der Waals surface area (Å²) >= 11 is 1.47. The third-order valence-electron chi connectivity index (χ3n) is 6.94. The summed E-state index contributed by atoms with van der Waals surface area (Å²) < 4.78 is 12.8. The molecule has 41 heavy (non-hydrogen) atoms. The third kappa shape index (κ3) is 7.22. The molecule has 0 aromatic heterocycles. The van der Waals surface area contributed by atoms with Crippen LogP contribution in [0, 0.1) is 6.42 Å². The van der Waals surface area contributed by atoms with Crippen molar-refractivity contribution in [1.82, 2.24) is 0 Å². The first-order valence-electron chi connectivity index (χ1n) is 13.3. The van der Waals surface area contributed by atoms with Crippen LogP contribution in [-0.2, 0) is 40.1 Å². The van der Waals surface area contributed by atoms with Crippen LogP contribution in [0.25, 0.3) is 0 Å². The predicted octanol–water partition coefficient (Wildman–Crippen LogP) is 6.20. The molecule has 1 heterocycles. The summed E-state index contributed by atoms with van der Waals surface area (Å²) in [4.78, 5) is 0. The summed E-state index contributed by atoms with van der Waals surface area (Å²) in [7, 11) is 4.64. The van der Waals surface area contributed by atoms with E-state index in [0.29, 0.717) is 22.3 Å². The third-order valence-corrected chi connectivity index (χ3v) is 6.94. The second kappa shape index (κ2) is 15.0. The minimum atomic E-state index is -1.89. The van der Waals surface area contributed by atoms with E-state index < -0.39 is 29.2 Å². The number of allylic oxidation sites excluding steroid dienone is 1. The number of hydrogen-bond donors (Lipinski definition) is 0. The summed E-state index contributed by atoms with van der Waals surface area (Å²) in [5.41, 5.74) is -1.70. The number of hydrogen-bond acceptors (Lipinski definition) is 4. The maximum absolute atomic E-state index is 15.2. The van der Waals surface area contributed by atoms with Gasteiger partial charge in [0.15, 0.2) is 5.79 Å². The second-order valence-electron chi connectivity index (χ2n) is 9.98. The van der Waals surface area contributed by atoms with E-state index >= 15 is 10.2 Å². The molecule has 0 aliphatic carbocycles. The van der Waals surface area contributed by atoms with Gasteiger partial charge in [-0.2, -0.15) is 0 Å². The number of ether oxygens (including phenoxy) is 2. The van der Waals surface area contributed by atoms with Gasteiger partial charge in [-0.3, -0.25) is 0 Å². The zero-order chi connectivity index (χ0) is 29.9. The van der Waals surface area contributed by atoms with E-state index in [1.165, 1.54) is 19.4 Å². The van der Waals surface area contributed by atoms with Gasteiger partial charge in [0.05, 0.1) is 12.2 Å². The van der Waals surface area contributed by atoms with Crippen LogP contribution >= 0.6 is 9.30 Å². The first-order valence-corrected chi connectivity index (χ1v) is 15.5. The molecule has 0 spiro atoms. The van der Waals surface area contributed by atoms with Gasteiger partial charge in [0, 0.05) is 0 Å². The maximum atomic E-state index is 15.2. The van der Waals surface area contributed by atoms with Gasteiger partial charge in [0.25, 0.3) is 0 Å². The van der Waals surface area contributed by atoms with Crippen LogP contribution in [0.4, 0.5) is 0 Å². The molecule has 0 bridgehead atoms. The van der Waals surface area contributed by atoms with Gasteiger partial charge < -0.3 is 19.7 Å². The van der Waals surface area contributed by atoms with E-state index in [0.717, 1.165) is 0 Å². The Balaban J connectivity index is 0.000000710. The van der Waals surface area contributed by atoms with Crippen molar-refractivity contribution in [3.63, 3.8) is 0 Å². The van der Waals surface area contributed by atoms with Crippen LogP contribution in [0.5, 0.6) is 0 Å². The zero-order valence-electron chi connectivity index (χ0n) is 23.6. The van der Waals surface area contributed by atoms with E-state index in [9.17, 15) is 0 Å². The molecule has 0 radical (unpaired) electrons. The van der Waals surface area contributed by atoms with Crippen LogP contribution in [0.1, 0.15) is 43.0 Å². The molecule has 6 heteroatoms. The molecule has 4 aromatic carbocycles. The molecule has 4 aromatic rings. The molecule has 2 atom stereocenters. The van der Waals surface area contributed by atoms with Gasteiger partial charge in [-0.15, -0.1) is 6.92 Å². The van der Waals surface area contributed by atoms with Crippen LogP contribution in [0.3, 0.4) is 0 Å². The summed E-state index contributed by atoms with van der Waals surface area (Å²) in [5.74, 6) is -1.13. The monoisotopic (exact) mass is 602 g/mol. The molecule has 5 rings (SSSR count). The van der Waals surface area contributed by atoms with Crippen molar-refractivity contribution in [2.24, 2.45) is 0 Å². The molecule has 0 unspecified atom stereocenters. The SMILES string of the molecule is C=C[CH-]C.CC1(C)O[C@H](C([O-])(c2ccccc2)c2ccccc2)[C@@H](C([O-])(c2ccccc2)c2ccccc2)O1.[Cl][Ti+3]. The second-order valence-corrected chi connectivity index (χ2v) is 9.98.